The number of rotatable bonds is 2. The highest BCUT2D eigenvalue weighted by Gasteiger charge is 1.98. The fourth-order valence-corrected chi connectivity index (χ4v) is 1.82. The number of aromatic nitrogens is 1. The average molecular weight is 194 g/mol. The van der Waals surface area contributed by atoms with Crippen LogP contribution in [-0.4, -0.2) is 13.3 Å². The Balaban J connectivity index is 2.51. The van der Waals surface area contributed by atoms with E-state index in [0.29, 0.717) is 0 Å². The van der Waals surface area contributed by atoms with Crippen LogP contribution in [0.4, 0.5) is 0 Å². The second-order valence-electron chi connectivity index (χ2n) is 2.78. The molecule has 3 nitrogen and oxygen atoms in total. The van der Waals surface area contributed by atoms with E-state index in [1.165, 1.54) is 0 Å². The van der Waals surface area contributed by atoms with E-state index in [4.69, 9.17) is 0 Å². The van der Waals surface area contributed by atoms with Gasteiger partial charge in [-0.1, -0.05) is 18.2 Å². The Morgan fingerprint density at radius 1 is 1.31 bits per heavy atom. The molecule has 68 valence electrons. The summed E-state index contributed by atoms with van der Waals surface area (Å²) in [5.74, 6) is 0.0213. The Morgan fingerprint density at radius 3 is 2.85 bits per heavy atom. The summed E-state index contributed by atoms with van der Waals surface area (Å²) in [5.41, 5.74) is 0.951. The first-order valence-electron chi connectivity index (χ1n) is 3.87. The monoisotopic (exact) mass is 194 g/mol. The van der Waals surface area contributed by atoms with Crippen LogP contribution in [0.3, 0.4) is 0 Å². The molecule has 1 heterocycles. The van der Waals surface area contributed by atoms with Gasteiger partial charge in [-0.15, -0.1) is 0 Å². The number of fused-ring (bicyclic) bond motifs is 1. The van der Waals surface area contributed by atoms with Gasteiger partial charge in [0.25, 0.3) is 0 Å². The zero-order valence-electron chi connectivity index (χ0n) is 6.84. The number of hydrogen-bond acceptors (Lipinski definition) is 2. The zero-order chi connectivity index (χ0) is 9.26. The second kappa shape index (κ2) is 3.32. The molecule has 0 aliphatic carbocycles. The van der Waals surface area contributed by atoms with Gasteiger partial charge in [-0.05, 0) is 28.6 Å². The molecule has 1 atom stereocenters. The molecule has 1 aromatic heterocycles. The summed E-state index contributed by atoms with van der Waals surface area (Å²) in [7, 11) is 0. The summed E-state index contributed by atoms with van der Waals surface area (Å²) in [6, 6.07) is 9.59. The summed E-state index contributed by atoms with van der Waals surface area (Å²) >= 11 is -2.04. The highest BCUT2D eigenvalue weighted by molar-refractivity contribution is 7.78. The maximum absolute atomic E-state index is 10.5. The molecule has 0 radical (unpaired) electrons. The quantitative estimate of drug-likeness (QED) is 0.680. The topological polar surface area (TPSA) is 45.1 Å². The maximum Gasteiger partial charge on any atom is 0.0849 e. The molecule has 2 rings (SSSR count). The first kappa shape index (κ1) is 8.47. The van der Waals surface area contributed by atoms with Crippen molar-refractivity contribution in [3.05, 3.63) is 36.5 Å². The Labute approximate surface area is 78.3 Å². The van der Waals surface area contributed by atoms with Crippen molar-refractivity contribution < 1.29 is 8.76 Å². The fourth-order valence-electron chi connectivity index (χ4n) is 1.37. The predicted octanol–water partition coefficient (Wildman–Crippen LogP) is 1.48. The molecule has 0 aliphatic rings. The lowest BCUT2D eigenvalue weighted by Gasteiger charge is -2.07. The minimum Gasteiger partial charge on any atom is -0.771 e. The van der Waals surface area contributed by atoms with Crippen LogP contribution in [0.25, 0.3) is 10.9 Å². The molecule has 0 fully saturated rings. The molecule has 0 N–H and O–H groups in total. The summed E-state index contributed by atoms with van der Waals surface area (Å²) < 4.78 is 22.7. The van der Waals surface area contributed by atoms with Crippen molar-refractivity contribution in [2.24, 2.45) is 0 Å². The third-order valence-corrected chi connectivity index (χ3v) is 2.41. The van der Waals surface area contributed by atoms with Gasteiger partial charge in [-0.2, -0.15) is 0 Å². The van der Waals surface area contributed by atoms with Gasteiger partial charge in [0, 0.05) is 11.7 Å². The van der Waals surface area contributed by atoms with Crippen LogP contribution in [0.15, 0.2) is 36.5 Å². The number of nitrogens with zero attached hydrogens (tertiary/aromatic N) is 1. The van der Waals surface area contributed by atoms with Crippen LogP contribution in [0.2, 0.25) is 0 Å². The number of benzene rings is 1. The van der Waals surface area contributed by atoms with Crippen LogP contribution >= 0.6 is 0 Å². The number of para-hydroxylation sites is 1. The van der Waals surface area contributed by atoms with E-state index >= 15 is 0 Å². The molecule has 0 saturated heterocycles. The minimum absolute atomic E-state index is 0.0213. The Bertz CT molecular complexity index is 450. The molecule has 0 saturated carbocycles. The lowest BCUT2D eigenvalue weighted by atomic mass is 10.2. The largest absolute Gasteiger partial charge is 0.771 e. The third-order valence-electron chi connectivity index (χ3n) is 1.92. The molecule has 0 amide bonds. The van der Waals surface area contributed by atoms with Gasteiger partial charge >= 0.3 is 0 Å². The van der Waals surface area contributed by atoms with Crippen LogP contribution in [0.1, 0.15) is 0 Å². The van der Waals surface area contributed by atoms with Crippen LogP contribution in [0, 0.1) is 0 Å². The molecule has 1 aromatic carbocycles. The molecule has 0 aliphatic heterocycles. The second-order valence-corrected chi connectivity index (χ2v) is 3.64. The lowest BCUT2D eigenvalue weighted by Crippen LogP contribution is -2.01. The molecule has 0 spiro atoms. The van der Waals surface area contributed by atoms with E-state index in [2.05, 4.69) is 0 Å². The van der Waals surface area contributed by atoms with Crippen molar-refractivity contribution in [1.82, 2.24) is 4.57 Å². The average Bonchev–Trinajstić information content (AvgIpc) is 2.48. The van der Waals surface area contributed by atoms with Gasteiger partial charge < -0.3 is 9.12 Å². The number of hydrogen-bond donors (Lipinski definition) is 0. The third kappa shape index (κ3) is 1.64. The molecule has 4 heteroatoms. The summed E-state index contributed by atoms with van der Waals surface area (Å²) in [5, 5.41) is 1.06. The highest BCUT2D eigenvalue weighted by atomic mass is 32.2. The predicted molar refractivity (Wildman–Crippen MR) is 50.9 cm³/mol. The molecular formula is C9H8NO2S-. The lowest BCUT2D eigenvalue weighted by molar-refractivity contribution is 0.527. The molecule has 13 heavy (non-hydrogen) atoms. The van der Waals surface area contributed by atoms with Crippen molar-refractivity contribution in [1.29, 1.82) is 0 Å². The minimum atomic E-state index is -2.04. The Kier molecular flexibility index (Phi) is 2.16. The molecule has 2 aromatic rings. The molecule has 1 unspecified atom stereocenters. The van der Waals surface area contributed by atoms with Gasteiger partial charge in [0.1, 0.15) is 0 Å². The fraction of sp³-hybridized carbons (Fsp3) is 0.111. The Morgan fingerprint density at radius 2 is 2.08 bits per heavy atom. The van der Waals surface area contributed by atoms with Crippen molar-refractivity contribution in [2.45, 2.75) is 5.88 Å². The molecule has 0 bridgehead atoms. The molecular weight excluding hydrogens is 186 g/mol. The van der Waals surface area contributed by atoms with E-state index < -0.39 is 11.1 Å². The zero-order valence-corrected chi connectivity index (χ0v) is 7.66. The highest BCUT2D eigenvalue weighted by Crippen LogP contribution is 2.14. The summed E-state index contributed by atoms with van der Waals surface area (Å²) in [4.78, 5) is 0. The van der Waals surface area contributed by atoms with Crippen molar-refractivity contribution in [2.75, 3.05) is 0 Å². The van der Waals surface area contributed by atoms with E-state index in [-0.39, 0.29) is 5.88 Å². The SMILES string of the molecule is O=S([O-])Cn1ccc2ccccc21. The van der Waals surface area contributed by atoms with Crippen molar-refractivity contribution >= 4 is 22.0 Å². The van der Waals surface area contributed by atoms with Gasteiger partial charge in [0.05, 0.1) is 5.88 Å². The summed E-state index contributed by atoms with van der Waals surface area (Å²) in [6.45, 7) is 0. The first-order valence-corrected chi connectivity index (χ1v) is 5.11. The van der Waals surface area contributed by atoms with Crippen LogP contribution in [-0.2, 0) is 17.0 Å². The standard InChI is InChI=1S/C9H9NO2S/c11-13(12)7-10-6-5-8-3-1-2-4-9(8)10/h1-6H,7H2,(H,11,12)/p-1. The van der Waals surface area contributed by atoms with Crippen LogP contribution < -0.4 is 0 Å². The van der Waals surface area contributed by atoms with E-state index in [0.717, 1.165) is 10.9 Å². The first-order chi connectivity index (χ1) is 6.27. The van der Waals surface area contributed by atoms with Crippen molar-refractivity contribution in [3.8, 4) is 0 Å². The smallest absolute Gasteiger partial charge is 0.0849 e. The van der Waals surface area contributed by atoms with Gasteiger partial charge in [0.15, 0.2) is 0 Å². The summed E-state index contributed by atoms with van der Waals surface area (Å²) in [6.07, 6.45) is 1.78. The van der Waals surface area contributed by atoms with Crippen LogP contribution in [0.5, 0.6) is 0 Å². The van der Waals surface area contributed by atoms with Gasteiger partial charge in [-0.3, -0.25) is 4.21 Å². The van der Waals surface area contributed by atoms with Crippen molar-refractivity contribution in [3.63, 3.8) is 0 Å². The van der Waals surface area contributed by atoms with E-state index in [1.807, 2.05) is 30.3 Å². The van der Waals surface area contributed by atoms with E-state index in [1.54, 1.807) is 10.8 Å². The maximum atomic E-state index is 10.5. The normalized spacial score (nSPS) is 13.3. The van der Waals surface area contributed by atoms with Gasteiger partial charge in [-0.25, -0.2) is 0 Å². The Hall–Kier alpha value is -1.13. The van der Waals surface area contributed by atoms with Gasteiger partial charge in [0.2, 0.25) is 0 Å². The van der Waals surface area contributed by atoms with E-state index in [9.17, 15) is 8.76 Å².